The summed E-state index contributed by atoms with van der Waals surface area (Å²) in [4.78, 5) is 26.0. The topological polar surface area (TPSA) is 75.4 Å². The Labute approximate surface area is 144 Å². The summed E-state index contributed by atoms with van der Waals surface area (Å²) in [6.07, 6.45) is 1.53. The van der Waals surface area contributed by atoms with Crippen molar-refractivity contribution in [3.05, 3.63) is 53.1 Å². The molecule has 25 heavy (non-hydrogen) atoms. The SMILES string of the molecule is CCn1ncc(C(=O)N2C[C@H](C(=O)O)[C@@H](c3ccc(F)cc3)C2)c1C. The van der Waals surface area contributed by atoms with Gasteiger partial charge in [-0.1, -0.05) is 12.1 Å². The molecule has 0 radical (unpaired) electrons. The lowest BCUT2D eigenvalue weighted by Gasteiger charge is -2.16. The molecule has 0 unspecified atom stereocenters. The summed E-state index contributed by atoms with van der Waals surface area (Å²) in [5, 5.41) is 13.7. The Bertz CT molecular complexity index is 800. The van der Waals surface area contributed by atoms with E-state index in [0.717, 1.165) is 11.3 Å². The molecule has 1 N–H and O–H groups in total. The zero-order chi connectivity index (χ0) is 18.1. The van der Waals surface area contributed by atoms with E-state index in [1.54, 1.807) is 21.7 Å². The summed E-state index contributed by atoms with van der Waals surface area (Å²) < 4.78 is 14.9. The Morgan fingerprint density at radius 1 is 1.28 bits per heavy atom. The number of rotatable bonds is 4. The fourth-order valence-corrected chi connectivity index (χ4v) is 3.41. The maximum absolute atomic E-state index is 13.1. The van der Waals surface area contributed by atoms with Crippen LogP contribution in [0.2, 0.25) is 0 Å². The number of likely N-dealkylation sites (tertiary alicyclic amines) is 1. The number of benzene rings is 1. The van der Waals surface area contributed by atoms with Crippen molar-refractivity contribution in [2.24, 2.45) is 5.92 Å². The first-order valence-corrected chi connectivity index (χ1v) is 8.22. The Hall–Kier alpha value is -2.70. The van der Waals surface area contributed by atoms with E-state index < -0.39 is 11.9 Å². The van der Waals surface area contributed by atoms with Crippen molar-refractivity contribution >= 4 is 11.9 Å². The minimum atomic E-state index is -0.953. The van der Waals surface area contributed by atoms with Gasteiger partial charge in [0.1, 0.15) is 5.82 Å². The molecule has 1 amide bonds. The van der Waals surface area contributed by atoms with Gasteiger partial charge in [-0.2, -0.15) is 5.10 Å². The number of aryl methyl sites for hydroxylation is 1. The van der Waals surface area contributed by atoms with E-state index >= 15 is 0 Å². The van der Waals surface area contributed by atoms with E-state index in [0.29, 0.717) is 12.1 Å². The highest BCUT2D eigenvalue weighted by Gasteiger charge is 2.41. The fourth-order valence-electron chi connectivity index (χ4n) is 3.41. The van der Waals surface area contributed by atoms with E-state index in [4.69, 9.17) is 0 Å². The van der Waals surface area contributed by atoms with Crippen LogP contribution in [0.25, 0.3) is 0 Å². The van der Waals surface area contributed by atoms with Crippen LogP contribution in [0.1, 0.15) is 34.5 Å². The number of aromatic nitrogens is 2. The predicted molar refractivity (Wildman–Crippen MR) is 88.8 cm³/mol. The van der Waals surface area contributed by atoms with Crippen LogP contribution in [0.4, 0.5) is 4.39 Å². The van der Waals surface area contributed by atoms with Crippen LogP contribution < -0.4 is 0 Å². The number of carbonyl (C=O) groups is 2. The van der Waals surface area contributed by atoms with Gasteiger partial charge in [0.15, 0.2) is 0 Å². The van der Waals surface area contributed by atoms with Crippen molar-refractivity contribution in [3.63, 3.8) is 0 Å². The first kappa shape index (κ1) is 17.1. The quantitative estimate of drug-likeness (QED) is 0.922. The van der Waals surface area contributed by atoms with E-state index in [1.165, 1.54) is 18.3 Å². The number of hydrogen-bond donors (Lipinski definition) is 1. The summed E-state index contributed by atoms with van der Waals surface area (Å²) in [6, 6.07) is 5.80. The molecule has 1 aliphatic rings. The first-order chi connectivity index (χ1) is 11.9. The molecule has 7 heteroatoms. The lowest BCUT2D eigenvalue weighted by Crippen LogP contribution is -2.30. The number of nitrogens with zero attached hydrogens (tertiary/aromatic N) is 3. The van der Waals surface area contributed by atoms with Gasteiger partial charge in [-0.25, -0.2) is 4.39 Å². The highest BCUT2D eigenvalue weighted by Crippen LogP contribution is 2.34. The molecular weight excluding hydrogens is 325 g/mol. The molecule has 1 aromatic carbocycles. The first-order valence-electron chi connectivity index (χ1n) is 8.22. The third-order valence-corrected chi connectivity index (χ3v) is 4.86. The normalized spacial score (nSPS) is 20.0. The average Bonchev–Trinajstić information content (AvgIpc) is 3.19. The van der Waals surface area contributed by atoms with Crippen LogP contribution in [-0.4, -0.2) is 44.8 Å². The van der Waals surface area contributed by atoms with E-state index in [-0.39, 0.29) is 30.7 Å². The summed E-state index contributed by atoms with van der Waals surface area (Å²) in [7, 11) is 0. The molecule has 6 nitrogen and oxygen atoms in total. The zero-order valence-corrected chi connectivity index (χ0v) is 14.1. The highest BCUT2D eigenvalue weighted by atomic mass is 19.1. The van der Waals surface area contributed by atoms with E-state index in [9.17, 15) is 19.1 Å². The summed E-state index contributed by atoms with van der Waals surface area (Å²) >= 11 is 0. The molecule has 1 saturated heterocycles. The van der Waals surface area contributed by atoms with Gasteiger partial charge in [0, 0.05) is 31.2 Å². The van der Waals surface area contributed by atoms with Crippen molar-refractivity contribution in [1.82, 2.24) is 14.7 Å². The number of carbonyl (C=O) groups excluding carboxylic acids is 1. The Morgan fingerprint density at radius 3 is 2.52 bits per heavy atom. The van der Waals surface area contributed by atoms with Gasteiger partial charge in [0.25, 0.3) is 5.91 Å². The second kappa shape index (κ2) is 6.66. The van der Waals surface area contributed by atoms with Crippen molar-refractivity contribution in [1.29, 1.82) is 0 Å². The second-order valence-corrected chi connectivity index (χ2v) is 6.27. The van der Waals surface area contributed by atoms with Crippen molar-refractivity contribution in [2.75, 3.05) is 13.1 Å². The maximum atomic E-state index is 13.1. The molecule has 3 rings (SSSR count). The minimum absolute atomic E-state index is 0.132. The van der Waals surface area contributed by atoms with E-state index in [1.807, 2.05) is 13.8 Å². The minimum Gasteiger partial charge on any atom is -0.481 e. The van der Waals surface area contributed by atoms with Gasteiger partial charge in [0.2, 0.25) is 0 Å². The predicted octanol–water partition coefficient (Wildman–Crippen LogP) is 2.29. The number of amides is 1. The van der Waals surface area contributed by atoms with Gasteiger partial charge in [-0.15, -0.1) is 0 Å². The molecule has 2 heterocycles. The smallest absolute Gasteiger partial charge is 0.308 e. The molecule has 1 aliphatic heterocycles. The Balaban J connectivity index is 1.86. The molecule has 0 aliphatic carbocycles. The molecule has 0 saturated carbocycles. The van der Waals surface area contributed by atoms with Gasteiger partial charge >= 0.3 is 5.97 Å². The maximum Gasteiger partial charge on any atom is 0.308 e. The number of aliphatic carboxylic acids is 1. The van der Waals surface area contributed by atoms with Gasteiger partial charge < -0.3 is 10.0 Å². The Kier molecular flexibility index (Phi) is 4.57. The summed E-state index contributed by atoms with van der Waals surface area (Å²) in [5.74, 6) is -2.61. The molecule has 0 bridgehead atoms. The van der Waals surface area contributed by atoms with Crippen LogP contribution in [0, 0.1) is 18.7 Å². The molecule has 2 atom stereocenters. The largest absolute Gasteiger partial charge is 0.481 e. The van der Waals surface area contributed by atoms with Crippen molar-refractivity contribution in [2.45, 2.75) is 26.3 Å². The van der Waals surface area contributed by atoms with E-state index in [2.05, 4.69) is 5.10 Å². The second-order valence-electron chi connectivity index (χ2n) is 6.27. The van der Waals surface area contributed by atoms with Crippen LogP contribution in [0.5, 0.6) is 0 Å². The zero-order valence-electron chi connectivity index (χ0n) is 14.1. The van der Waals surface area contributed by atoms with Crippen LogP contribution in [-0.2, 0) is 11.3 Å². The van der Waals surface area contributed by atoms with Gasteiger partial charge in [0.05, 0.1) is 17.7 Å². The summed E-state index contributed by atoms with van der Waals surface area (Å²) in [6.45, 7) is 4.85. The third-order valence-electron chi connectivity index (χ3n) is 4.86. The number of halogens is 1. The number of carboxylic acids is 1. The molecule has 1 fully saturated rings. The monoisotopic (exact) mass is 345 g/mol. The molecule has 1 aromatic heterocycles. The molecule has 0 spiro atoms. The van der Waals surface area contributed by atoms with Crippen molar-refractivity contribution in [3.8, 4) is 0 Å². The molecular formula is C18H20FN3O3. The van der Waals surface area contributed by atoms with Gasteiger partial charge in [-0.3, -0.25) is 14.3 Å². The number of hydrogen-bond acceptors (Lipinski definition) is 3. The Morgan fingerprint density at radius 2 is 1.96 bits per heavy atom. The van der Waals surface area contributed by atoms with Crippen LogP contribution >= 0.6 is 0 Å². The van der Waals surface area contributed by atoms with Gasteiger partial charge in [-0.05, 0) is 31.5 Å². The number of carboxylic acid groups (broad SMARTS) is 1. The standard InChI is InChI=1S/C18H20FN3O3/c1-3-22-11(2)14(8-20-22)17(23)21-9-15(16(10-21)18(24)25)12-4-6-13(19)7-5-12/h4-8,15-16H,3,9-10H2,1-2H3,(H,24,25)/t15-,16+/m1/s1. The highest BCUT2D eigenvalue weighted by molar-refractivity contribution is 5.95. The lowest BCUT2D eigenvalue weighted by atomic mass is 9.89. The third kappa shape index (κ3) is 3.14. The lowest BCUT2D eigenvalue weighted by molar-refractivity contribution is -0.141. The van der Waals surface area contributed by atoms with Crippen LogP contribution in [0.3, 0.4) is 0 Å². The average molecular weight is 345 g/mol. The molecule has 132 valence electrons. The van der Waals surface area contributed by atoms with Crippen molar-refractivity contribution < 1.29 is 19.1 Å². The van der Waals surface area contributed by atoms with Crippen LogP contribution in [0.15, 0.2) is 30.5 Å². The summed E-state index contributed by atoms with van der Waals surface area (Å²) in [5.41, 5.74) is 1.99. The fraction of sp³-hybridized carbons (Fsp3) is 0.389. The molecule has 2 aromatic rings.